The van der Waals surface area contributed by atoms with Crippen LogP contribution in [0.15, 0.2) is 24.3 Å². The Balaban J connectivity index is 2.40. The number of rotatable bonds is 3. The third-order valence-electron chi connectivity index (χ3n) is 3.10. The van der Waals surface area contributed by atoms with Crippen LogP contribution >= 0.6 is 0 Å². The molecule has 0 saturated heterocycles. The van der Waals surface area contributed by atoms with Crippen molar-refractivity contribution >= 4 is 22.9 Å². The molecule has 2 aromatic rings. The molecule has 1 heterocycles. The Morgan fingerprint density at radius 2 is 2.05 bits per heavy atom. The van der Waals surface area contributed by atoms with Gasteiger partial charge in [-0.1, -0.05) is 12.1 Å². The number of nitrogens with zero attached hydrogens (tertiary/aromatic N) is 2. The molecule has 0 saturated carbocycles. The van der Waals surface area contributed by atoms with Gasteiger partial charge in [0.05, 0.1) is 7.11 Å². The smallest absolute Gasteiger partial charge is 0.328 e. The van der Waals surface area contributed by atoms with Crippen molar-refractivity contribution in [3.8, 4) is 0 Å². The van der Waals surface area contributed by atoms with Crippen molar-refractivity contribution in [1.82, 2.24) is 10.3 Å². The number of ether oxygens (including phenoxy) is 1. The Morgan fingerprint density at radius 1 is 1.38 bits per heavy atom. The van der Waals surface area contributed by atoms with Crippen molar-refractivity contribution in [2.45, 2.75) is 19.9 Å². The van der Waals surface area contributed by atoms with Crippen LogP contribution in [-0.2, 0) is 9.53 Å². The first-order valence-electron chi connectivity index (χ1n) is 6.33. The third kappa shape index (κ3) is 2.76. The molecular weight excluding hydrogens is 274 g/mol. The van der Waals surface area contributed by atoms with Crippen LogP contribution in [0.1, 0.15) is 23.1 Å². The van der Waals surface area contributed by atoms with Gasteiger partial charge in [0.25, 0.3) is 5.91 Å². The van der Waals surface area contributed by atoms with Gasteiger partial charge in [0.2, 0.25) is 11.2 Å². The van der Waals surface area contributed by atoms with Gasteiger partial charge in [-0.3, -0.25) is 4.79 Å². The summed E-state index contributed by atoms with van der Waals surface area (Å²) in [6.07, 6.45) is 0. The highest BCUT2D eigenvalue weighted by molar-refractivity contribution is 5.96. The highest BCUT2D eigenvalue weighted by Crippen LogP contribution is 2.10. The first kappa shape index (κ1) is 14.7. The average molecular weight is 289 g/mol. The molecule has 2 rings (SSSR count). The van der Waals surface area contributed by atoms with Crippen LogP contribution in [0, 0.1) is 12.1 Å². The van der Waals surface area contributed by atoms with Crippen molar-refractivity contribution in [1.29, 1.82) is 0 Å². The molecule has 0 aliphatic heterocycles. The lowest BCUT2D eigenvalue weighted by atomic mass is 10.2. The van der Waals surface area contributed by atoms with Crippen LogP contribution in [0.5, 0.6) is 0 Å². The van der Waals surface area contributed by atoms with Gasteiger partial charge in [-0.2, -0.15) is 4.73 Å². The molecule has 0 aliphatic carbocycles. The Hall–Kier alpha value is -2.70. The van der Waals surface area contributed by atoms with Gasteiger partial charge in [0.1, 0.15) is 11.6 Å². The van der Waals surface area contributed by atoms with Crippen molar-refractivity contribution < 1.29 is 19.1 Å². The van der Waals surface area contributed by atoms with E-state index in [9.17, 15) is 14.8 Å². The van der Waals surface area contributed by atoms with Crippen molar-refractivity contribution in [2.75, 3.05) is 7.11 Å². The second kappa shape index (κ2) is 5.74. The Bertz CT molecular complexity index is 715. The largest absolute Gasteiger partial charge is 0.618 e. The number of hydrogen-bond donors (Lipinski definition) is 1. The Kier molecular flexibility index (Phi) is 4.02. The lowest BCUT2D eigenvalue weighted by molar-refractivity contribution is -0.584. The van der Waals surface area contributed by atoms with Gasteiger partial charge >= 0.3 is 5.97 Å². The van der Waals surface area contributed by atoms with E-state index in [0.717, 1.165) is 0 Å². The summed E-state index contributed by atoms with van der Waals surface area (Å²) in [5.74, 6) is -1.17. The average Bonchev–Trinajstić information content (AvgIpc) is 2.49. The number of hydrogen-bond acceptors (Lipinski definition) is 5. The van der Waals surface area contributed by atoms with E-state index in [2.05, 4.69) is 15.0 Å². The third-order valence-corrected chi connectivity index (χ3v) is 3.10. The summed E-state index contributed by atoms with van der Waals surface area (Å²) in [6, 6.07) is 5.89. The number of para-hydroxylation sites is 2. The first-order valence-corrected chi connectivity index (χ1v) is 6.33. The summed E-state index contributed by atoms with van der Waals surface area (Å²) < 4.78 is 5.18. The molecule has 1 aromatic heterocycles. The fourth-order valence-corrected chi connectivity index (χ4v) is 1.92. The van der Waals surface area contributed by atoms with Gasteiger partial charge in [-0.25, -0.2) is 9.78 Å². The normalized spacial score (nSPS) is 12.0. The van der Waals surface area contributed by atoms with E-state index >= 15 is 0 Å². The predicted molar refractivity (Wildman–Crippen MR) is 74.4 cm³/mol. The number of nitrogens with one attached hydrogen (secondary N) is 1. The summed E-state index contributed by atoms with van der Waals surface area (Å²) in [5, 5.41) is 14.6. The van der Waals surface area contributed by atoms with E-state index in [1.165, 1.54) is 21.0 Å². The van der Waals surface area contributed by atoms with Crippen LogP contribution < -0.4 is 10.0 Å². The van der Waals surface area contributed by atoms with Crippen LogP contribution in [0.2, 0.25) is 0 Å². The van der Waals surface area contributed by atoms with Crippen molar-refractivity contribution in [3.05, 3.63) is 40.9 Å². The van der Waals surface area contributed by atoms with Crippen molar-refractivity contribution in [2.24, 2.45) is 0 Å². The van der Waals surface area contributed by atoms with E-state index < -0.39 is 17.9 Å². The molecule has 7 nitrogen and oxygen atoms in total. The molecular formula is C14H15N3O4. The summed E-state index contributed by atoms with van der Waals surface area (Å²) in [7, 11) is 1.23. The first-order chi connectivity index (χ1) is 9.95. The van der Waals surface area contributed by atoms with Gasteiger partial charge in [0.15, 0.2) is 5.69 Å². The van der Waals surface area contributed by atoms with E-state index in [0.29, 0.717) is 15.8 Å². The molecule has 0 aliphatic rings. The SMILES string of the molecule is COC(=O)[C@H](C)NC(=O)c1nc2ccccc2[n+]([O-])c1C. The molecule has 1 atom stereocenters. The summed E-state index contributed by atoms with van der Waals surface area (Å²) in [6.45, 7) is 3.00. The second-order valence-corrected chi connectivity index (χ2v) is 4.55. The molecule has 7 heteroatoms. The Morgan fingerprint density at radius 3 is 2.71 bits per heavy atom. The number of methoxy groups -OCH3 is 1. The van der Waals surface area contributed by atoms with Gasteiger partial charge in [0, 0.05) is 13.0 Å². The molecule has 0 radical (unpaired) electrons. The zero-order valence-electron chi connectivity index (χ0n) is 11.9. The monoisotopic (exact) mass is 289 g/mol. The topological polar surface area (TPSA) is 95.2 Å². The molecule has 0 fully saturated rings. The predicted octanol–water partition coefficient (Wildman–Crippen LogP) is 0.468. The molecule has 1 N–H and O–H groups in total. The number of carbonyl (C=O) groups is 2. The fraction of sp³-hybridized carbons (Fsp3) is 0.286. The number of aromatic nitrogens is 2. The van der Waals surface area contributed by atoms with E-state index in [4.69, 9.17) is 0 Å². The molecule has 21 heavy (non-hydrogen) atoms. The fourth-order valence-electron chi connectivity index (χ4n) is 1.92. The van der Waals surface area contributed by atoms with Crippen LogP contribution in [0.4, 0.5) is 0 Å². The Labute approximate surface area is 121 Å². The maximum Gasteiger partial charge on any atom is 0.328 e. The maximum atomic E-state index is 12.2. The molecule has 0 spiro atoms. The molecule has 1 aromatic carbocycles. The van der Waals surface area contributed by atoms with Crippen LogP contribution in [0.25, 0.3) is 11.0 Å². The number of benzene rings is 1. The lowest BCUT2D eigenvalue weighted by Gasteiger charge is -2.12. The van der Waals surface area contributed by atoms with Gasteiger partial charge in [-0.05, 0) is 13.0 Å². The minimum Gasteiger partial charge on any atom is -0.618 e. The van der Waals surface area contributed by atoms with E-state index in [1.807, 2.05) is 0 Å². The standard InChI is InChI=1S/C14H15N3O4/c1-8(14(19)21-3)15-13(18)12-9(2)17(20)11-7-5-4-6-10(11)16-12/h4-8H,1-3H3,(H,15,18)/t8-/m0/s1. The molecule has 1 amide bonds. The molecule has 110 valence electrons. The van der Waals surface area contributed by atoms with Crippen molar-refractivity contribution in [3.63, 3.8) is 0 Å². The van der Waals surface area contributed by atoms with E-state index in [-0.39, 0.29) is 11.4 Å². The summed E-state index contributed by atoms with van der Waals surface area (Å²) >= 11 is 0. The maximum absolute atomic E-state index is 12.2. The van der Waals surface area contributed by atoms with Gasteiger partial charge < -0.3 is 15.3 Å². The summed E-state index contributed by atoms with van der Waals surface area (Å²) in [5.41, 5.74) is 0.948. The summed E-state index contributed by atoms with van der Waals surface area (Å²) in [4.78, 5) is 27.7. The number of esters is 1. The number of fused-ring (bicyclic) bond motifs is 1. The molecule has 0 bridgehead atoms. The van der Waals surface area contributed by atoms with Crippen LogP contribution in [-0.4, -0.2) is 30.0 Å². The second-order valence-electron chi connectivity index (χ2n) is 4.55. The highest BCUT2D eigenvalue weighted by Gasteiger charge is 2.24. The highest BCUT2D eigenvalue weighted by atomic mass is 16.5. The minimum atomic E-state index is -0.824. The number of amides is 1. The lowest BCUT2D eigenvalue weighted by Crippen LogP contribution is -2.42. The number of carbonyl (C=O) groups excluding carboxylic acids is 2. The van der Waals surface area contributed by atoms with Crippen LogP contribution in [0.3, 0.4) is 0 Å². The minimum absolute atomic E-state index is 0.0144. The van der Waals surface area contributed by atoms with Gasteiger partial charge in [-0.15, -0.1) is 0 Å². The quantitative estimate of drug-likeness (QED) is 0.503. The molecule has 0 unspecified atom stereocenters. The zero-order valence-corrected chi connectivity index (χ0v) is 11.9. The zero-order chi connectivity index (χ0) is 15.6. The van der Waals surface area contributed by atoms with E-state index in [1.54, 1.807) is 24.3 Å².